The summed E-state index contributed by atoms with van der Waals surface area (Å²) in [5, 5.41) is 5.59. The minimum atomic E-state index is -1.07. The smallest absolute Gasteiger partial charge is 0.408 e. The molecule has 0 aromatic heterocycles. The van der Waals surface area contributed by atoms with E-state index in [1.807, 2.05) is 0 Å². The van der Waals surface area contributed by atoms with Crippen molar-refractivity contribution in [1.29, 1.82) is 0 Å². The summed E-state index contributed by atoms with van der Waals surface area (Å²) in [6, 6.07) is -2.55. The Morgan fingerprint density at radius 3 is 2.19 bits per heavy atom. The van der Waals surface area contributed by atoms with Crippen molar-refractivity contribution in [2.24, 2.45) is 34.8 Å². The number of alkyl carbamates (subject to hydrolysis) is 1. The fourth-order valence-electron chi connectivity index (χ4n) is 6.45. The molecule has 4 amide bonds. The number of hydrogen-bond acceptors (Lipinski definition) is 6. The molecular weight excluding hydrogens is 476 g/mol. The van der Waals surface area contributed by atoms with Gasteiger partial charge in [-0.3, -0.25) is 19.2 Å². The van der Waals surface area contributed by atoms with Crippen molar-refractivity contribution in [1.82, 2.24) is 15.5 Å². The van der Waals surface area contributed by atoms with Crippen LogP contribution in [0.4, 0.5) is 4.79 Å². The molecule has 1 aliphatic heterocycles. The summed E-state index contributed by atoms with van der Waals surface area (Å²) < 4.78 is 5.44. The van der Waals surface area contributed by atoms with Crippen LogP contribution in [0, 0.1) is 29.1 Å². The van der Waals surface area contributed by atoms with Crippen molar-refractivity contribution in [2.75, 3.05) is 6.54 Å². The number of ether oxygens (including phenoxy) is 1. The lowest BCUT2D eigenvalue weighted by molar-refractivity contribution is -0.144. The maximum atomic E-state index is 14.0. The zero-order valence-corrected chi connectivity index (χ0v) is 22.7. The van der Waals surface area contributed by atoms with Gasteiger partial charge in [0.2, 0.25) is 17.6 Å². The van der Waals surface area contributed by atoms with Gasteiger partial charge in [-0.05, 0) is 69.1 Å². The van der Waals surface area contributed by atoms with Gasteiger partial charge in [-0.25, -0.2) is 4.79 Å². The van der Waals surface area contributed by atoms with Crippen LogP contribution in [0.1, 0.15) is 79.6 Å². The van der Waals surface area contributed by atoms with Crippen molar-refractivity contribution < 1.29 is 28.7 Å². The lowest BCUT2D eigenvalue weighted by Crippen LogP contribution is -2.59. The van der Waals surface area contributed by atoms with Crippen LogP contribution in [-0.4, -0.2) is 64.8 Å². The van der Waals surface area contributed by atoms with Gasteiger partial charge in [0.1, 0.15) is 17.7 Å². The molecule has 0 bridgehead atoms. The second-order valence-corrected chi connectivity index (χ2v) is 13.0. The number of amides is 4. The molecule has 0 aromatic rings. The number of primary amides is 1. The Morgan fingerprint density at radius 1 is 1.03 bits per heavy atom. The predicted octanol–water partition coefficient (Wildman–Crippen LogP) is 1.89. The van der Waals surface area contributed by atoms with Crippen molar-refractivity contribution >= 4 is 29.6 Å². The second-order valence-electron chi connectivity index (χ2n) is 13.0. The maximum Gasteiger partial charge on any atom is 0.408 e. The van der Waals surface area contributed by atoms with E-state index in [-0.39, 0.29) is 35.0 Å². The number of rotatable bonds is 9. The van der Waals surface area contributed by atoms with Crippen molar-refractivity contribution in [2.45, 2.75) is 103 Å². The Bertz CT molecular complexity index is 962. The van der Waals surface area contributed by atoms with Crippen LogP contribution in [-0.2, 0) is 23.9 Å². The van der Waals surface area contributed by atoms with E-state index in [9.17, 15) is 24.0 Å². The van der Waals surface area contributed by atoms with Crippen molar-refractivity contribution in [3.63, 3.8) is 0 Å². The first-order valence-electron chi connectivity index (χ1n) is 13.6. The predicted molar refractivity (Wildman–Crippen MR) is 135 cm³/mol. The normalized spacial score (nSPS) is 28.1. The number of carbonyl (C=O) groups is 5. The first-order chi connectivity index (χ1) is 17.2. The number of Topliss-reactive ketones (excluding diaryl/α,β-unsaturated/α-hetero) is 1. The summed E-state index contributed by atoms with van der Waals surface area (Å²) in [7, 11) is 0. The van der Waals surface area contributed by atoms with Crippen LogP contribution >= 0.6 is 0 Å². The summed E-state index contributed by atoms with van der Waals surface area (Å²) in [6.07, 6.45) is 5.19. The molecule has 0 spiro atoms. The quantitative estimate of drug-likeness (QED) is 0.397. The number of carbonyl (C=O) groups excluding carboxylic acids is 5. The molecule has 0 aromatic carbocycles. The Kier molecular flexibility index (Phi) is 7.33. The Morgan fingerprint density at radius 2 is 1.65 bits per heavy atom. The molecule has 4 fully saturated rings. The molecule has 3 saturated carbocycles. The highest BCUT2D eigenvalue weighted by Gasteiger charge is 2.69. The average Bonchev–Trinajstić information content (AvgIpc) is 3.49. The number of piperidine rings is 1. The molecular formula is C27H42N4O6. The van der Waals surface area contributed by atoms with E-state index >= 15 is 0 Å². The number of nitrogens with zero attached hydrogens (tertiary/aromatic N) is 1. The third kappa shape index (κ3) is 5.93. The van der Waals surface area contributed by atoms with Gasteiger partial charge in [0.05, 0.1) is 6.04 Å². The highest BCUT2D eigenvalue weighted by atomic mass is 16.6. The summed E-state index contributed by atoms with van der Waals surface area (Å²) in [5.74, 6) is -2.28. The highest BCUT2D eigenvalue weighted by Crippen LogP contribution is 2.65. The van der Waals surface area contributed by atoms with E-state index < -0.39 is 47.4 Å². The molecule has 1 saturated heterocycles. The zero-order valence-electron chi connectivity index (χ0n) is 22.7. The lowest BCUT2D eigenvalue weighted by atomic mass is 9.94. The monoisotopic (exact) mass is 518 g/mol. The van der Waals surface area contributed by atoms with Crippen LogP contribution in [0.2, 0.25) is 0 Å². The molecule has 1 heterocycles. The average molecular weight is 519 g/mol. The molecule has 4 aliphatic rings. The summed E-state index contributed by atoms with van der Waals surface area (Å²) in [6.45, 7) is 9.86. The van der Waals surface area contributed by atoms with Crippen LogP contribution < -0.4 is 16.4 Å². The van der Waals surface area contributed by atoms with Gasteiger partial charge in [0.25, 0.3) is 5.91 Å². The Hall–Kier alpha value is -2.65. The fraction of sp³-hybridized carbons (Fsp3) is 0.815. The van der Waals surface area contributed by atoms with Gasteiger partial charge in [0.15, 0.2) is 0 Å². The maximum absolute atomic E-state index is 14.0. The van der Waals surface area contributed by atoms with Gasteiger partial charge in [-0.2, -0.15) is 0 Å². The van der Waals surface area contributed by atoms with Crippen LogP contribution in [0.5, 0.6) is 0 Å². The Labute approximate surface area is 218 Å². The zero-order chi connectivity index (χ0) is 27.3. The second kappa shape index (κ2) is 9.91. The molecule has 37 heavy (non-hydrogen) atoms. The molecule has 4 N–H and O–H groups in total. The SMILES string of the molecule is CC(C)(C)OC(=O)N[C@H](C(=O)N1CC2C([C@H]1C(=O)NC(CC1CC1)C(=O)C(N)=O)C2(C)C)C1CCCC1. The molecule has 206 valence electrons. The minimum Gasteiger partial charge on any atom is -0.444 e. The van der Waals surface area contributed by atoms with E-state index in [1.165, 1.54) is 0 Å². The van der Waals surface area contributed by atoms with Crippen LogP contribution in [0.15, 0.2) is 0 Å². The molecule has 4 rings (SSSR count). The topological polar surface area (TPSA) is 148 Å². The number of hydrogen-bond donors (Lipinski definition) is 3. The number of nitrogens with one attached hydrogen (secondary N) is 2. The van der Waals surface area contributed by atoms with Crippen LogP contribution in [0.3, 0.4) is 0 Å². The molecule has 5 atom stereocenters. The first kappa shape index (κ1) is 27.4. The number of fused-ring (bicyclic) bond motifs is 1. The molecule has 10 heteroatoms. The third-order valence-electron chi connectivity index (χ3n) is 8.71. The number of ketones is 1. The Balaban J connectivity index is 1.54. The van der Waals surface area contributed by atoms with Gasteiger partial charge < -0.3 is 26.0 Å². The van der Waals surface area contributed by atoms with Crippen molar-refractivity contribution in [3.8, 4) is 0 Å². The molecule has 3 aliphatic carbocycles. The molecule has 3 unspecified atom stereocenters. The minimum absolute atomic E-state index is 0.0345. The van der Waals surface area contributed by atoms with E-state index in [0.717, 1.165) is 38.5 Å². The summed E-state index contributed by atoms with van der Waals surface area (Å²) in [4.78, 5) is 66.0. The lowest BCUT2D eigenvalue weighted by Gasteiger charge is -2.35. The van der Waals surface area contributed by atoms with E-state index in [1.54, 1.807) is 25.7 Å². The number of likely N-dealkylation sites (tertiary alicyclic amines) is 1. The highest BCUT2D eigenvalue weighted by molar-refractivity contribution is 6.37. The van der Waals surface area contributed by atoms with Gasteiger partial charge in [-0.1, -0.05) is 39.5 Å². The van der Waals surface area contributed by atoms with Gasteiger partial charge in [0, 0.05) is 6.54 Å². The number of nitrogens with two attached hydrogens (primary N) is 1. The largest absolute Gasteiger partial charge is 0.444 e. The van der Waals surface area contributed by atoms with E-state index in [0.29, 0.717) is 13.0 Å². The fourth-order valence-corrected chi connectivity index (χ4v) is 6.45. The van der Waals surface area contributed by atoms with E-state index in [2.05, 4.69) is 24.5 Å². The molecule has 10 nitrogen and oxygen atoms in total. The standard InChI is InChI=1S/C27H42N4O6/c1-26(2,3)37-25(36)30-19(15-8-6-7-9-15)24(35)31-13-16-18(27(16,4)5)20(31)23(34)29-17(12-14-10-11-14)21(32)22(28)33/h14-20H,6-13H2,1-5H3,(H2,28,33)(H,29,34)(H,30,36)/t16?,17?,18?,19-,20-/m0/s1. The summed E-state index contributed by atoms with van der Waals surface area (Å²) >= 11 is 0. The first-order valence-corrected chi connectivity index (χ1v) is 13.6. The third-order valence-corrected chi connectivity index (χ3v) is 8.71. The van der Waals surface area contributed by atoms with Gasteiger partial charge in [-0.15, -0.1) is 0 Å². The van der Waals surface area contributed by atoms with Crippen LogP contribution in [0.25, 0.3) is 0 Å². The molecule has 0 radical (unpaired) electrons. The van der Waals surface area contributed by atoms with Crippen molar-refractivity contribution in [3.05, 3.63) is 0 Å². The van der Waals surface area contributed by atoms with Gasteiger partial charge >= 0.3 is 6.09 Å². The van der Waals surface area contributed by atoms with E-state index in [4.69, 9.17) is 10.5 Å². The summed E-state index contributed by atoms with van der Waals surface area (Å²) in [5.41, 5.74) is 4.42.